The molecule has 1 amide bonds. The number of hydrogen-bond donors (Lipinski definition) is 0. The van der Waals surface area contributed by atoms with Gasteiger partial charge in [0, 0.05) is 73.3 Å². The van der Waals surface area contributed by atoms with Crippen molar-refractivity contribution >= 4 is 17.5 Å². The number of pyridine rings is 2. The molecular formula is C23H25N5O2. The van der Waals surface area contributed by atoms with Gasteiger partial charge in [-0.2, -0.15) is 5.10 Å². The average molecular weight is 403 g/mol. The van der Waals surface area contributed by atoms with Crippen LogP contribution in [0, 0.1) is 12.8 Å². The molecule has 4 rings (SSSR count). The SMILES string of the molecule is Cc1cc2n(n1)CCCN2C(=O)CC(C)C(=O)Cc1ccc(-c2cccnc2)cn1. The molecule has 0 radical (unpaired) electrons. The van der Waals surface area contributed by atoms with Crippen LogP contribution in [0.4, 0.5) is 5.82 Å². The summed E-state index contributed by atoms with van der Waals surface area (Å²) in [5.74, 6) is 0.455. The Labute approximate surface area is 175 Å². The number of carbonyl (C=O) groups is 2. The van der Waals surface area contributed by atoms with Crippen LogP contribution in [0.5, 0.6) is 0 Å². The number of rotatable bonds is 6. The highest BCUT2D eigenvalue weighted by atomic mass is 16.2. The van der Waals surface area contributed by atoms with E-state index in [1.165, 1.54) is 0 Å². The molecule has 0 saturated carbocycles. The van der Waals surface area contributed by atoms with Gasteiger partial charge in [-0.1, -0.05) is 19.1 Å². The summed E-state index contributed by atoms with van der Waals surface area (Å²) >= 11 is 0. The number of amides is 1. The number of ketones is 1. The smallest absolute Gasteiger partial charge is 0.228 e. The summed E-state index contributed by atoms with van der Waals surface area (Å²) in [6.07, 6.45) is 6.55. The third-order valence-electron chi connectivity index (χ3n) is 5.42. The number of aryl methyl sites for hydroxylation is 2. The van der Waals surface area contributed by atoms with E-state index in [0.717, 1.165) is 35.6 Å². The van der Waals surface area contributed by atoms with Crippen molar-refractivity contribution in [3.63, 3.8) is 0 Å². The van der Waals surface area contributed by atoms with Crippen molar-refractivity contribution in [3.05, 3.63) is 60.3 Å². The lowest BCUT2D eigenvalue weighted by molar-refractivity contribution is -0.127. The van der Waals surface area contributed by atoms with Crippen molar-refractivity contribution in [2.24, 2.45) is 5.92 Å². The minimum absolute atomic E-state index is 0.0201. The Morgan fingerprint density at radius 1 is 1.13 bits per heavy atom. The highest BCUT2D eigenvalue weighted by Gasteiger charge is 2.27. The van der Waals surface area contributed by atoms with Crippen LogP contribution in [-0.4, -0.2) is 38.0 Å². The van der Waals surface area contributed by atoms with E-state index in [4.69, 9.17) is 0 Å². The minimum atomic E-state index is -0.364. The lowest BCUT2D eigenvalue weighted by Gasteiger charge is -2.28. The van der Waals surface area contributed by atoms with Crippen LogP contribution in [-0.2, 0) is 22.6 Å². The Balaban J connectivity index is 1.37. The summed E-state index contributed by atoms with van der Waals surface area (Å²) < 4.78 is 1.87. The summed E-state index contributed by atoms with van der Waals surface area (Å²) in [4.78, 5) is 35.8. The second-order valence-corrected chi connectivity index (χ2v) is 7.79. The number of fused-ring (bicyclic) bond motifs is 1. The molecule has 3 aromatic rings. The summed E-state index contributed by atoms with van der Waals surface area (Å²) in [6.45, 7) is 5.23. The fourth-order valence-electron chi connectivity index (χ4n) is 3.73. The first-order valence-electron chi connectivity index (χ1n) is 10.2. The molecule has 7 nitrogen and oxygen atoms in total. The zero-order chi connectivity index (χ0) is 21.1. The predicted octanol–water partition coefficient (Wildman–Crippen LogP) is 3.22. The lowest BCUT2D eigenvalue weighted by atomic mass is 9.97. The largest absolute Gasteiger partial charge is 0.299 e. The molecule has 0 N–H and O–H groups in total. The molecule has 4 heterocycles. The molecule has 1 aliphatic heterocycles. The van der Waals surface area contributed by atoms with Crippen molar-refractivity contribution in [2.45, 2.75) is 39.7 Å². The van der Waals surface area contributed by atoms with E-state index < -0.39 is 0 Å². The van der Waals surface area contributed by atoms with Gasteiger partial charge in [-0.25, -0.2) is 4.68 Å². The van der Waals surface area contributed by atoms with Crippen LogP contribution >= 0.6 is 0 Å². The Morgan fingerprint density at radius 3 is 2.70 bits per heavy atom. The van der Waals surface area contributed by atoms with Crippen LogP contribution in [0.3, 0.4) is 0 Å². The van der Waals surface area contributed by atoms with E-state index in [1.54, 1.807) is 23.5 Å². The molecule has 1 unspecified atom stereocenters. The molecule has 0 aliphatic carbocycles. The van der Waals surface area contributed by atoms with Crippen molar-refractivity contribution in [1.82, 2.24) is 19.7 Å². The second kappa shape index (κ2) is 8.57. The van der Waals surface area contributed by atoms with Gasteiger partial charge < -0.3 is 0 Å². The average Bonchev–Trinajstić information content (AvgIpc) is 3.15. The Kier molecular flexibility index (Phi) is 5.70. The van der Waals surface area contributed by atoms with E-state index in [-0.39, 0.29) is 30.4 Å². The van der Waals surface area contributed by atoms with Gasteiger partial charge in [0.05, 0.1) is 5.69 Å². The van der Waals surface area contributed by atoms with E-state index in [1.807, 2.05) is 48.9 Å². The first-order chi connectivity index (χ1) is 14.5. The maximum atomic E-state index is 12.8. The van der Waals surface area contributed by atoms with Crippen LogP contribution < -0.4 is 4.90 Å². The van der Waals surface area contributed by atoms with Gasteiger partial charge >= 0.3 is 0 Å². The molecule has 0 bridgehead atoms. The minimum Gasteiger partial charge on any atom is -0.299 e. The van der Waals surface area contributed by atoms with Gasteiger partial charge in [-0.05, 0) is 25.5 Å². The highest BCUT2D eigenvalue weighted by molar-refractivity contribution is 5.96. The maximum Gasteiger partial charge on any atom is 0.228 e. The molecule has 3 aromatic heterocycles. The Morgan fingerprint density at radius 2 is 1.97 bits per heavy atom. The Bertz CT molecular complexity index is 1040. The van der Waals surface area contributed by atoms with Crippen LogP contribution in [0.25, 0.3) is 11.1 Å². The number of carbonyl (C=O) groups excluding carboxylic acids is 2. The maximum absolute atomic E-state index is 12.8. The number of hydrogen-bond acceptors (Lipinski definition) is 5. The summed E-state index contributed by atoms with van der Waals surface area (Å²) in [5, 5.41) is 4.43. The van der Waals surface area contributed by atoms with E-state index in [0.29, 0.717) is 12.2 Å². The standard InChI is InChI=1S/C23H25N5O2/c1-16(11-23(30)27-9-4-10-28-22(27)12-17(2)26-28)21(29)13-20-7-6-19(15-25-20)18-5-3-8-24-14-18/h3,5-8,12,14-16H,4,9-11,13H2,1-2H3. The molecule has 1 aliphatic rings. The van der Waals surface area contributed by atoms with Crippen LogP contribution in [0.15, 0.2) is 48.9 Å². The fraction of sp³-hybridized carbons (Fsp3) is 0.348. The van der Waals surface area contributed by atoms with Crippen molar-refractivity contribution in [1.29, 1.82) is 0 Å². The van der Waals surface area contributed by atoms with Crippen LogP contribution in [0.1, 0.15) is 31.2 Å². The number of nitrogens with zero attached hydrogens (tertiary/aromatic N) is 5. The first kappa shape index (κ1) is 19.9. The third-order valence-corrected chi connectivity index (χ3v) is 5.42. The highest BCUT2D eigenvalue weighted by Crippen LogP contribution is 2.24. The summed E-state index contributed by atoms with van der Waals surface area (Å²) in [7, 11) is 0. The van der Waals surface area contributed by atoms with Gasteiger partial charge in [0.1, 0.15) is 11.6 Å². The van der Waals surface area contributed by atoms with Gasteiger partial charge in [0.15, 0.2) is 0 Å². The molecule has 0 spiro atoms. The molecular weight excluding hydrogens is 378 g/mol. The fourth-order valence-corrected chi connectivity index (χ4v) is 3.73. The first-order valence-corrected chi connectivity index (χ1v) is 10.2. The van der Waals surface area contributed by atoms with Crippen molar-refractivity contribution < 1.29 is 9.59 Å². The molecule has 154 valence electrons. The molecule has 30 heavy (non-hydrogen) atoms. The molecule has 0 aromatic carbocycles. The zero-order valence-corrected chi connectivity index (χ0v) is 17.3. The predicted molar refractivity (Wildman–Crippen MR) is 114 cm³/mol. The summed E-state index contributed by atoms with van der Waals surface area (Å²) in [6, 6.07) is 9.58. The lowest BCUT2D eigenvalue weighted by Crippen LogP contribution is -2.39. The quantitative estimate of drug-likeness (QED) is 0.631. The Hall–Kier alpha value is -3.35. The van der Waals surface area contributed by atoms with Gasteiger partial charge in [0.2, 0.25) is 5.91 Å². The zero-order valence-electron chi connectivity index (χ0n) is 17.3. The molecule has 0 fully saturated rings. The van der Waals surface area contributed by atoms with E-state index in [9.17, 15) is 9.59 Å². The van der Waals surface area contributed by atoms with E-state index in [2.05, 4.69) is 15.1 Å². The number of Topliss-reactive ketones (excluding diaryl/α,β-unsaturated/α-hetero) is 1. The third kappa shape index (κ3) is 4.30. The van der Waals surface area contributed by atoms with Crippen molar-refractivity contribution in [2.75, 3.05) is 11.4 Å². The van der Waals surface area contributed by atoms with Crippen LogP contribution in [0.2, 0.25) is 0 Å². The normalized spacial score (nSPS) is 14.3. The second-order valence-electron chi connectivity index (χ2n) is 7.79. The molecule has 7 heteroatoms. The molecule has 1 atom stereocenters. The van der Waals surface area contributed by atoms with Gasteiger partial charge in [0.25, 0.3) is 0 Å². The summed E-state index contributed by atoms with van der Waals surface area (Å²) in [5.41, 5.74) is 3.55. The van der Waals surface area contributed by atoms with E-state index >= 15 is 0 Å². The number of aromatic nitrogens is 4. The monoisotopic (exact) mass is 403 g/mol. The number of anilines is 1. The van der Waals surface area contributed by atoms with Gasteiger partial charge in [-0.15, -0.1) is 0 Å². The molecule has 0 saturated heterocycles. The van der Waals surface area contributed by atoms with Gasteiger partial charge in [-0.3, -0.25) is 24.5 Å². The van der Waals surface area contributed by atoms with Crippen molar-refractivity contribution in [3.8, 4) is 11.1 Å². The topological polar surface area (TPSA) is 81.0 Å².